The molecule has 0 radical (unpaired) electrons. The molecule has 168 valence electrons. The van der Waals surface area contributed by atoms with E-state index in [1.165, 1.54) is 16.8 Å². The Balaban J connectivity index is 2.25. The zero-order valence-corrected chi connectivity index (χ0v) is 20.6. The van der Waals surface area contributed by atoms with Crippen molar-refractivity contribution in [1.29, 1.82) is 0 Å². The van der Waals surface area contributed by atoms with E-state index in [1.807, 2.05) is 0 Å². The minimum atomic E-state index is -0.879. The van der Waals surface area contributed by atoms with Crippen molar-refractivity contribution < 1.29 is 24.0 Å². The smallest absolute Gasteiger partial charge is 0.322 e. The molecule has 1 aromatic carbocycles. The third-order valence-corrected chi connectivity index (χ3v) is 4.70. The Morgan fingerprint density at radius 2 is 1.55 bits per heavy atom. The molecule has 0 amide bonds. The van der Waals surface area contributed by atoms with E-state index in [2.05, 4.69) is 42.2 Å². The number of non-ortho nitro benzene ring substituents is 1. The summed E-state index contributed by atoms with van der Waals surface area (Å²) in [6, 6.07) is 5.98. The zero-order chi connectivity index (χ0) is 23.4. The average molecular weight is 563 g/mol. The highest BCUT2D eigenvalue weighted by Crippen LogP contribution is 2.22. The normalized spacial score (nSPS) is 11.8. The molecule has 2 aromatic rings. The predicted molar refractivity (Wildman–Crippen MR) is 118 cm³/mol. The van der Waals surface area contributed by atoms with E-state index in [0.717, 1.165) is 5.56 Å². The Morgan fingerprint density at radius 3 is 2.03 bits per heavy atom. The van der Waals surface area contributed by atoms with Gasteiger partial charge in [0.2, 0.25) is 0 Å². The molecule has 0 spiro atoms. The summed E-state index contributed by atoms with van der Waals surface area (Å²) < 4.78 is 10.4. The molecule has 1 heterocycles. The summed E-state index contributed by atoms with van der Waals surface area (Å²) in [5.74, 6) is -0.970. The molecule has 0 saturated heterocycles. The Kier molecular flexibility index (Phi) is 7.93. The van der Waals surface area contributed by atoms with Gasteiger partial charge in [0.25, 0.3) is 5.69 Å². The maximum absolute atomic E-state index is 12.2. The van der Waals surface area contributed by atoms with Crippen LogP contribution in [-0.4, -0.2) is 40.5 Å². The fraction of sp³-hybridized carbons (Fsp3) is 0.474. The Hall–Kier alpha value is -2.34. The van der Waals surface area contributed by atoms with E-state index >= 15 is 0 Å². The number of carbonyl (C=O) groups is 2. The number of rotatable bonds is 9. The lowest BCUT2D eigenvalue weighted by molar-refractivity contribution is -0.384. The second kappa shape index (κ2) is 9.86. The van der Waals surface area contributed by atoms with Crippen molar-refractivity contribution in [2.45, 2.75) is 56.1 Å². The fourth-order valence-corrected chi connectivity index (χ4v) is 2.50. The molecule has 0 bridgehead atoms. The van der Waals surface area contributed by atoms with Crippen molar-refractivity contribution >= 4 is 49.5 Å². The molecule has 0 fully saturated rings. The van der Waals surface area contributed by atoms with Crippen LogP contribution in [0, 0.1) is 10.1 Å². The molecule has 0 aliphatic heterocycles. The summed E-state index contributed by atoms with van der Waals surface area (Å²) in [6.45, 7) is 6.55. The van der Waals surface area contributed by atoms with Gasteiger partial charge in [0.1, 0.15) is 33.3 Å². The van der Waals surface area contributed by atoms with E-state index in [0.29, 0.717) is 11.4 Å². The fourth-order valence-electron chi connectivity index (χ4n) is 2.27. The van der Waals surface area contributed by atoms with Crippen LogP contribution in [0.25, 0.3) is 0 Å². The third-order valence-electron chi connectivity index (χ3n) is 4.05. The third kappa shape index (κ3) is 7.10. The molecule has 0 aliphatic carbocycles. The SMILES string of the molecule is CC(C)(Br)C(=O)OCc1[15n]nn(Cc2ccc([N+](=O)[O-])cc2)c1COC(=O)C(C)(C)Br. The van der Waals surface area contributed by atoms with Crippen LogP contribution in [0.15, 0.2) is 24.3 Å². The van der Waals surface area contributed by atoms with Gasteiger partial charge in [-0.2, -0.15) is 0 Å². The van der Waals surface area contributed by atoms with Crippen LogP contribution >= 0.6 is 31.9 Å². The predicted octanol–water partition coefficient (Wildman–Crippen LogP) is 3.67. The summed E-state index contributed by atoms with van der Waals surface area (Å²) >= 11 is 6.48. The highest BCUT2D eigenvalue weighted by Gasteiger charge is 2.28. The summed E-state index contributed by atoms with van der Waals surface area (Å²) in [6.07, 6.45) is 0. The Labute approximate surface area is 195 Å². The quantitative estimate of drug-likeness (QED) is 0.196. The van der Waals surface area contributed by atoms with E-state index in [1.54, 1.807) is 39.8 Å². The average Bonchev–Trinajstić information content (AvgIpc) is 3.04. The van der Waals surface area contributed by atoms with Gasteiger partial charge >= 0.3 is 11.9 Å². The molecule has 0 unspecified atom stereocenters. The number of hydrogen-bond donors (Lipinski definition) is 0. The van der Waals surface area contributed by atoms with E-state index in [4.69, 9.17) is 9.47 Å². The molecular formula is C19H22Br2N4O6. The Bertz CT molecular complexity index is 961. The lowest BCUT2D eigenvalue weighted by Gasteiger charge is -2.16. The maximum atomic E-state index is 12.2. The number of esters is 2. The molecule has 0 atom stereocenters. The number of nitrogens with zero attached hydrogens (tertiary/aromatic N) is 4. The summed E-state index contributed by atoms with van der Waals surface area (Å²) in [7, 11) is 0. The number of hydrogen-bond acceptors (Lipinski definition) is 8. The van der Waals surface area contributed by atoms with Crippen molar-refractivity contribution in [3.05, 3.63) is 51.3 Å². The maximum Gasteiger partial charge on any atom is 0.322 e. The van der Waals surface area contributed by atoms with Gasteiger partial charge in [0.05, 0.1) is 11.5 Å². The first-order chi connectivity index (χ1) is 14.3. The van der Waals surface area contributed by atoms with Crippen LogP contribution < -0.4 is 0 Å². The molecule has 0 N–H and O–H groups in total. The van der Waals surface area contributed by atoms with Gasteiger partial charge in [0, 0.05) is 12.1 Å². The monoisotopic (exact) mass is 561 g/mol. The number of nitro benzene ring substituents is 1. The highest BCUT2D eigenvalue weighted by molar-refractivity contribution is 9.10. The molecule has 1 aromatic heterocycles. The highest BCUT2D eigenvalue weighted by atomic mass is 79.9. The second-order valence-corrected chi connectivity index (χ2v) is 11.6. The number of nitro groups is 1. The number of alkyl halides is 2. The van der Waals surface area contributed by atoms with E-state index in [-0.39, 0.29) is 25.4 Å². The van der Waals surface area contributed by atoms with Crippen molar-refractivity contribution in [3.63, 3.8) is 0 Å². The zero-order valence-electron chi connectivity index (χ0n) is 17.4. The largest absolute Gasteiger partial charge is 0.458 e. The van der Waals surface area contributed by atoms with Crippen molar-refractivity contribution in [2.24, 2.45) is 0 Å². The van der Waals surface area contributed by atoms with Gasteiger partial charge in [-0.3, -0.25) is 19.7 Å². The van der Waals surface area contributed by atoms with Gasteiger partial charge in [0.15, 0.2) is 0 Å². The molecule has 0 aliphatic rings. The van der Waals surface area contributed by atoms with Crippen LogP contribution in [-0.2, 0) is 38.8 Å². The molecule has 31 heavy (non-hydrogen) atoms. The molecular weight excluding hydrogens is 541 g/mol. The van der Waals surface area contributed by atoms with Crippen LogP contribution in [0.4, 0.5) is 5.69 Å². The first kappa shape index (κ1) is 24.9. The minimum Gasteiger partial charge on any atom is -0.458 e. The number of carbonyl (C=O) groups excluding carboxylic acids is 2. The minimum absolute atomic E-state index is 0.0268. The van der Waals surface area contributed by atoms with Crippen LogP contribution in [0.1, 0.15) is 44.6 Å². The number of ether oxygens (including phenoxy) is 2. The number of aromatic nitrogens is 3. The number of benzene rings is 1. The first-order valence-electron chi connectivity index (χ1n) is 9.16. The van der Waals surface area contributed by atoms with Crippen LogP contribution in [0.5, 0.6) is 0 Å². The topological polar surface area (TPSA) is 126 Å². The van der Waals surface area contributed by atoms with Gasteiger partial charge in [-0.15, -0.1) is 5.10 Å². The standard InChI is InChI=1S/C19H22Br2N4O6/c1-18(2,20)16(26)30-10-14-15(11-31-17(27)19(3,4)21)24(23-22-14)9-12-5-7-13(8-6-12)25(28)29/h5-8H,9-11H2,1-4H3/i22+1. The van der Waals surface area contributed by atoms with Gasteiger partial charge < -0.3 is 9.47 Å². The van der Waals surface area contributed by atoms with E-state index in [9.17, 15) is 19.7 Å². The van der Waals surface area contributed by atoms with Crippen molar-refractivity contribution in [1.82, 2.24) is 15.0 Å². The van der Waals surface area contributed by atoms with Crippen LogP contribution in [0.3, 0.4) is 0 Å². The molecule has 12 heteroatoms. The summed E-state index contributed by atoms with van der Waals surface area (Å²) in [5, 5.41) is 19.0. The molecule has 10 nitrogen and oxygen atoms in total. The second-order valence-electron chi connectivity index (χ2n) is 7.66. The van der Waals surface area contributed by atoms with Crippen molar-refractivity contribution in [2.75, 3.05) is 0 Å². The van der Waals surface area contributed by atoms with Gasteiger partial charge in [-0.25, -0.2) is 4.68 Å². The lowest BCUT2D eigenvalue weighted by atomic mass is 10.2. The summed E-state index contributed by atoms with van der Waals surface area (Å²) in [5.41, 5.74) is 1.49. The summed E-state index contributed by atoms with van der Waals surface area (Å²) in [4.78, 5) is 34.6. The van der Waals surface area contributed by atoms with Crippen molar-refractivity contribution in [3.8, 4) is 0 Å². The lowest BCUT2D eigenvalue weighted by Crippen LogP contribution is -2.27. The van der Waals surface area contributed by atoms with E-state index < -0.39 is 25.5 Å². The molecule has 2 rings (SSSR count). The number of halogens is 2. The molecule has 0 saturated carbocycles. The van der Waals surface area contributed by atoms with Gasteiger partial charge in [-0.05, 0) is 33.3 Å². The first-order valence-corrected chi connectivity index (χ1v) is 10.7. The Morgan fingerprint density at radius 1 is 1.03 bits per heavy atom. The van der Waals surface area contributed by atoms with Crippen LogP contribution in [0.2, 0.25) is 0 Å². The van der Waals surface area contributed by atoms with Gasteiger partial charge in [-0.1, -0.05) is 49.2 Å².